The van der Waals surface area contributed by atoms with Crippen molar-refractivity contribution in [2.45, 2.75) is 26.3 Å². The molecule has 2 aromatic rings. The number of nitrogens with one attached hydrogen (secondary N) is 1. The van der Waals surface area contributed by atoms with Gasteiger partial charge in [0.2, 0.25) is 0 Å². The zero-order valence-corrected chi connectivity index (χ0v) is 10.6. The fraction of sp³-hybridized carbons (Fsp3) is 0.462. The summed E-state index contributed by atoms with van der Waals surface area (Å²) in [6.07, 6.45) is 4.72. The minimum Gasteiger partial charge on any atom is -0.465 e. The average Bonchev–Trinajstić information content (AvgIpc) is 2.88. The summed E-state index contributed by atoms with van der Waals surface area (Å²) in [5.41, 5.74) is 0. The molecule has 2 heterocycles. The molecular weight excluding hydrogens is 214 g/mol. The second kappa shape index (κ2) is 5.19. The molecule has 0 fully saturated rings. The standard InChI is InChI=1S/C13H19N3O/c1-10-4-5-12(17-10)11(2)14-7-6-13-15-8-9-16(13)3/h4-5,8-9,11,14H,6-7H2,1-3H3. The molecule has 4 nitrogen and oxygen atoms in total. The Morgan fingerprint density at radius 2 is 2.29 bits per heavy atom. The van der Waals surface area contributed by atoms with E-state index in [1.165, 1.54) is 0 Å². The minimum atomic E-state index is 0.240. The van der Waals surface area contributed by atoms with Crippen LogP contribution in [0, 0.1) is 6.92 Å². The molecule has 0 amide bonds. The van der Waals surface area contributed by atoms with E-state index in [9.17, 15) is 0 Å². The lowest BCUT2D eigenvalue weighted by molar-refractivity contribution is 0.416. The monoisotopic (exact) mass is 233 g/mol. The van der Waals surface area contributed by atoms with Crippen LogP contribution < -0.4 is 5.32 Å². The first-order chi connectivity index (χ1) is 8.16. The molecule has 0 saturated carbocycles. The fourth-order valence-electron chi connectivity index (χ4n) is 1.82. The quantitative estimate of drug-likeness (QED) is 0.861. The number of imidazole rings is 1. The predicted octanol–water partition coefficient (Wildman–Crippen LogP) is 2.21. The van der Waals surface area contributed by atoms with Crippen molar-refractivity contribution in [2.75, 3.05) is 6.54 Å². The Kier molecular flexibility index (Phi) is 3.64. The third-order valence-corrected chi connectivity index (χ3v) is 2.91. The number of furan rings is 1. The maximum atomic E-state index is 5.57. The summed E-state index contributed by atoms with van der Waals surface area (Å²) >= 11 is 0. The maximum Gasteiger partial charge on any atom is 0.120 e. The molecule has 0 aliphatic rings. The zero-order chi connectivity index (χ0) is 12.3. The molecule has 17 heavy (non-hydrogen) atoms. The highest BCUT2D eigenvalue weighted by Crippen LogP contribution is 2.15. The Balaban J connectivity index is 1.81. The number of nitrogens with zero attached hydrogens (tertiary/aromatic N) is 2. The van der Waals surface area contributed by atoms with Crippen molar-refractivity contribution in [1.82, 2.24) is 14.9 Å². The third-order valence-electron chi connectivity index (χ3n) is 2.91. The molecule has 0 saturated heterocycles. The van der Waals surface area contributed by atoms with Crippen LogP contribution in [0.3, 0.4) is 0 Å². The van der Waals surface area contributed by atoms with E-state index in [0.29, 0.717) is 0 Å². The largest absolute Gasteiger partial charge is 0.465 e. The van der Waals surface area contributed by atoms with E-state index in [1.807, 2.05) is 43.1 Å². The average molecular weight is 233 g/mol. The van der Waals surface area contributed by atoms with Crippen LogP contribution in [0.2, 0.25) is 0 Å². The van der Waals surface area contributed by atoms with Gasteiger partial charge in [0.25, 0.3) is 0 Å². The lowest BCUT2D eigenvalue weighted by Gasteiger charge is -2.11. The van der Waals surface area contributed by atoms with Crippen molar-refractivity contribution in [3.05, 3.63) is 41.9 Å². The van der Waals surface area contributed by atoms with Crippen LogP contribution in [-0.2, 0) is 13.5 Å². The fourth-order valence-corrected chi connectivity index (χ4v) is 1.82. The van der Waals surface area contributed by atoms with E-state index < -0.39 is 0 Å². The first-order valence-electron chi connectivity index (χ1n) is 5.92. The van der Waals surface area contributed by atoms with Crippen molar-refractivity contribution in [2.24, 2.45) is 7.05 Å². The topological polar surface area (TPSA) is 43.0 Å². The Morgan fingerprint density at radius 3 is 2.88 bits per heavy atom. The van der Waals surface area contributed by atoms with Crippen molar-refractivity contribution < 1.29 is 4.42 Å². The van der Waals surface area contributed by atoms with Gasteiger partial charge in [-0.3, -0.25) is 0 Å². The number of rotatable bonds is 5. The molecule has 1 atom stereocenters. The highest BCUT2D eigenvalue weighted by Gasteiger charge is 2.08. The second-order valence-corrected chi connectivity index (χ2v) is 4.33. The number of aromatic nitrogens is 2. The van der Waals surface area contributed by atoms with Crippen molar-refractivity contribution >= 4 is 0 Å². The molecule has 0 bridgehead atoms. The normalized spacial score (nSPS) is 12.9. The SMILES string of the molecule is Cc1ccc(C(C)NCCc2nccn2C)o1. The van der Waals surface area contributed by atoms with Crippen LogP contribution in [0.5, 0.6) is 0 Å². The van der Waals surface area contributed by atoms with Crippen LogP contribution in [-0.4, -0.2) is 16.1 Å². The Morgan fingerprint density at radius 1 is 1.47 bits per heavy atom. The molecule has 1 N–H and O–H groups in total. The van der Waals surface area contributed by atoms with Crippen LogP contribution in [0.1, 0.15) is 30.3 Å². The van der Waals surface area contributed by atoms with Gasteiger partial charge in [0, 0.05) is 32.4 Å². The maximum absolute atomic E-state index is 5.57. The summed E-state index contributed by atoms with van der Waals surface area (Å²) in [7, 11) is 2.02. The van der Waals surface area contributed by atoms with E-state index in [0.717, 1.165) is 30.3 Å². The van der Waals surface area contributed by atoms with Crippen LogP contribution in [0.15, 0.2) is 28.9 Å². The Hall–Kier alpha value is -1.55. The Labute approximate surface area is 102 Å². The summed E-state index contributed by atoms with van der Waals surface area (Å²) in [4.78, 5) is 4.29. The van der Waals surface area contributed by atoms with Crippen LogP contribution in [0.4, 0.5) is 0 Å². The second-order valence-electron chi connectivity index (χ2n) is 4.33. The molecule has 2 aromatic heterocycles. The van der Waals surface area contributed by atoms with Crippen molar-refractivity contribution in [3.8, 4) is 0 Å². The summed E-state index contributed by atoms with van der Waals surface area (Å²) in [5, 5.41) is 3.43. The molecule has 0 aliphatic carbocycles. The molecule has 1 unspecified atom stereocenters. The molecule has 0 aliphatic heterocycles. The van der Waals surface area contributed by atoms with Gasteiger partial charge in [0.05, 0.1) is 6.04 Å². The third kappa shape index (κ3) is 2.97. The van der Waals surface area contributed by atoms with E-state index in [4.69, 9.17) is 4.42 Å². The molecule has 92 valence electrons. The number of hydrogen-bond donors (Lipinski definition) is 1. The molecule has 4 heteroatoms. The van der Waals surface area contributed by atoms with E-state index in [-0.39, 0.29) is 6.04 Å². The van der Waals surface area contributed by atoms with E-state index in [1.54, 1.807) is 0 Å². The summed E-state index contributed by atoms with van der Waals surface area (Å²) in [6, 6.07) is 4.25. The molecule has 0 aromatic carbocycles. The van der Waals surface area contributed by atoms with Gasteiger partial charge in [-0.2, -0.15) is 0 Å². The number of aryl methyl sites for hydroxylation is 2. The van der Waals surface area contributed by atoms with Crippen LogP contribution in [0.25, 0.3) is 0 Å². The molecule has 0 radical (unpaired) electrons. The Bertz CT molecular complexity index is 472. The van der Waals surface area contributed by atoms with Gasteiger partial charge in [-0.25, -0.2) is 4.98 Å². The highest BCUT2D eigenvalue weighted by atomic mass is 16.3. The van der Waals surface area contributed by atoms with Gasteiger partial charge in [-0.15, -0.1) is 0 Å². The minimum absolute atomic E-state index is 0.240. The van der Waals surface area contributed by atoms with Gasteiger partial charge in [0.1, 0.15) is 17.3 Å². The molecular formula is C13H19N3O. The van der Waals surface area contributed by atoms with E-state index in [2.05, 4.69) is 17.2 Å². The first kappa shape index (κ1) is 11.9. The first-order valence-corrected chi connectivity index (χ1v) is 5.92. The summed E-state index contributed by atoms with van der Waals surface area (Å²) in [6.45, 7) is 4.96. The van der Waals surface area contributed by atoms with Crippen molar-refractivity contribution in [1.29, 1.82) is 0 Å². The van der Waals surface area contributed by atoms with Gasteiger partial charge in [-0.05, 0) is 26.0 Å². The molecule has 0 spiro atoms. The smallest absolute Gasteiger partial charge is 0.120 e. The van der Waals surface area contributed by atoms with E-state index >= 15 is 0 Å². The lowest BCUT2D eigenvalue weighted by Crippen LogP contribution is -2.21. The van der Waals surface area contributed by atoms with Gasteiger partial charge in [0.15, 0.2) is 0 Å². The predicted molar refractivity (Wildman–Crippen MR) is 66.8 cm³/mol. The van der Waals surface area contributed by atoms with Gasteiger partial charge in [-0.1, -0.05) is 0 Å². The zero-order valence-electron chi connectivity index (χ0n) is 10.6. The summed E-state index contributed by atoms with van der Waals surface area (Å²) < 4.78 is 7.62. The van der Waals surface area contributed by atoms with Gasteiger partial charge < -0.3 is 14.3 Å². The lowest BCUT2D eigenvalue weighted by atomic mass is 10.2. The van der Waals surface area contributed by atoms with Crippen LogP contribution >= 0.6 is 0 Å². The number of hydrogen-bond acceptors (Lipinski definition) is 3. The summed E-state index contributed by atoms with van der Waals surface area (Å²) in [5.74, 6) is 3.04. The molecule has 2 rings (SSSR count). The van der Waals surface area contributed by atoms with Crippen molar-refractivity contribution in [3.63, 3.8) is 0 Å². The van der Waals surface area contributed by atoms with Gasteiger partial charge >= 0.3 is 0 Å². The highest BCUT2D eigenvalue weighted by molar-refractivity contribution is 5.08.